The van der Waals surface area contributed by atoms with Gasteiger partial charge in [0, 0.05) is 49.0 Å². The lowest BCUT2D eigenvalue weighted by Gasteiger charge is -2.47. The molecule has 6 rings (SSSR count). The first-order valence-corrected chi connectivity index (χ1v) is 13.6. The predicted octanol–water partition coefficient (Wildman–Crippen LogP) is 5.62. The number of hydrogen-bond acceptors (Lipinski definition) is 6. The average molecular weight is 532 g/mol. The number of anilines is 2. The van der Waals surface area contributed by atoms with Gasteiger partial charge in [0.2, 0.25) is 11.6 Å². The lowest BCUT2D eigenvalue weighted by atomic mass is 9.79. The summed E-state index contributed by atoms with van der Waals surface area (Å²) in [4.78, 5) is 25.1. The molecule has 0 bridgehead atoms. The summed E-state index contributed by atoms with van der Waals surface area (Å²) >= 11 is 1.12. The van der Waals surface area contributed by atoms with Crippen molar-refractivity contribution in [2.45, 2.75) is 45.8 Å². The van der Waals surface area contributed by atoms with E-state index in [1.165, 1.54) is 12.1 Å². The number of nitrogen functional groups attached to an aromatic ring is 1. The summed E-state index contributed by atoms with van der Waals surface area (Å²) in [6, 6.07) is 3.23. The summed E-state index contributed by atoms with van der Waals surface area (Å²) in [5, 5.41) is 0.884. The zero-order valence-corrected chi connectivity index (χ0v) is 22.7. The number of rotatable bonds is 3. The summed E-state index contributed by atoms with van der Waals surface area (Å²) in [5.74, 6) is 0.512. The first kappa shape index (κ1) is 24.8. The van der Waals surface area contributed by atoms with Crippen molar-refractivity contribution in [3.05, 3.63) is 58.8 Å². The molecule has 2 fully saturated rings. The molecule has 5 heterocycles. The smallest absolute Gasteiger partial charge is 0.245 e. The number of pyridine rings is 1. The average Bonchev–Trinajstić information content (AvgIpc) is 3.45. The first-order valence-electron chi connectivity index (χ1n) is 12.8. The number of likely N-dealkylation sites (tertiary alicyclic amines) is 1. The van der Waals surface area contributed by atoms with E-state index in [0.29, 0.717) is 33.8 Å². The molecular formula is C29H30FN5O2S. The van der Waals surface area contributed by atoms with Gasteiger partial charge in [-0.1, -0.05) is 12.6 Å². The molecule has 3 aliphatic heterocycles. The number of aromatic nitrogens is 1. The van der Waals surface area contributed by atoms with Crippen molar-refractivity contribution in [1.82, 2.24) is 9.88 Å². The largest absolute Gasteiger partial charge is 0.399 e. The van der Waals surface area contributed by atoms with Gasteiger partial charge in [0.1, 0.15) is 11.6 Å². The molecule has 1 aromatic carbocycles. The SMILES string of the molecule is [C-]#[N+]c1c(N)sc2c(F)ccc(-c3c(C)c(N4CCC5(CN(C(=O)C=C)C5)C4)nc4c3COC(C)(C)C4)c12. The minimum atomic E-state index is -0.376. The molecule has 3 aromatic rings. The van der Waals surface area contributed by atoms with Crippen LogP contribution in [-0.2, 0) is 22.6 Å². The quantitative estimate of drug-likeness (QED) is 0.351. The van der Waals surface area contributed by atoms with Crippen LogP contribution in [0, 0.1) is 24.7 Å². The second-order valence-electron chi connectivity index (χ2n) is 11.4. The van der Waals surface area contributed by atoms with Crippen LogP contribution in [0.3, 0.4) is 0 Å². The Kier molecular flexibility index (Phi) is 5.57. The molecule has 0 radical (unpaired) electrons. The molecule has 0 saturated carbocycles. The zero-order valence-electron chi connectivity index (χ0n) is 21.9. The number of carbonyl (C=O) groups is 1. The molecular weight excluding hydrogens is 501 g/mol. The summed E-state index contributed by atoms with van der Waals surface area (Å²) < 4.78 is 21.5. The topological polar surface area (TPSA) is 76.0 Å². The Morgan fingerprint density at radius 1 is 1.34 bits per heavy atom. The molecule has 0 unspecified atom stereocenters. The Morgan fingerprint density at radius 2 is 2.11 bits per heavy atom. The van der Waals surface area contributed by atoms with E-state index in [4.69, 9.17) is 22.0 Å². The Bertz CT molecular complexity index is 1560. The molecule has 9 heteroatoms. The van der Waals surface area contributed by atoms with Crippen LogP contribution in [0.25, 0.3) is 26.1 Å². The van der Waals surface area contributed by atoms with E-state index >= 15 is 0 Å². The highest BCUT2D eigenvalue weighted by Crippen LogP contribution is 2.50. The lowest BCUT2D eigenvalue weighted by molar-refractivity contribution is -0.136. The Labute approximate surface area is 225 Å². The van der Waals surface area contributed by atoms with Crippen LogP contribution in [-0.4, -0.2) is 47.6 Å². The van der Waals surface area contributed by atoms with E-state index in [2.05, 4.69) is 37.1 Å². The standard InChI is InChI=1S/C29H30FN5O2S/c1-6-21(36)35-14-29(15-35)9-10-34(13-29)27-16(2)22(18-12-37-28(3,4)11-20(18)33-27)17-7-8-19(30)25-23(17)24(32-5)26(31)38-25/h6-8H,1,9-15,31H2,2-4H3. The zero-order chi connectivity index (χ0) is 27.0. The minimum Gasteiger partial charge on any atom is -0.399 e. The number of benzene rings is 1. The Balaban J connectivity index is 1.50. The van der Waals surface area contributed by atoms with E-state index in [-0.39, 0.29) is 22.7 Å². The van der Waals surface area contributed by atoms with Gasteiger partial charge >= 0.3 is 0 Å². The van der Waals surface area contributed by atoms with E-state index in [9.17, 15) is 9.18 Å². The molecule has 1 amide bonds. The Hall–Kier alpha value is -3.48. The summed E-state index contributed by atoms with van der Waals surface area (Å²) in [5.41, 5.74) is 10.9. The highest BCUT2D eigenvalue weighted by molar-refractivity contribution is 7.23. The first-order chi connectivity index (χ1) is 18.1. The van der Waals surface area contributed by atoms with Crippen molar-refractivity contribution in [3.63, 3.8) is 0 Å². The highest BCUT2D eigenvalue weighted by Gasteiger charge is 2.49. The van der Waals surface area contributed by atoms with E-state index in [1.54, 1.807) is 6.07 Å². The number of carbonyl (C=O) groups excluding carboxylic acids is 1. The van der Waals surface area contributed by atoms with Gasteiger partial charge < -0.3 is 20.3 Å². The van der Waals surface area contributed by atoms with Gasteiger partial charge in [-0.15, -0.1) is 11.3 Å². The van der Waals surface area contributed by atoms with Crippen LogP contribution in [0.1, 0.15) is 37.1 Å². The van der Waals surface area contributed by atoms with Crippen molar-refractivity contribution >= 4 is 43.8 Å². The van der Waals surface area contributed by atoms with Gasteiger partial charge in [0.25, 0.3) is 0 Å². The second-order valence-corrected chi connectivity index (χ2v) is 12.4. The van der Waals surface area contributed by atoms with E-state index in [0.717, 1.165) is 77.7 Å². The van der Waals surface area contributed by atoms with Crippen LogP contribution >= 0.6 is 11.3 Å². The minimum absolute atomic E-state index is 0.0207. The third-order valence-electron chi connectivity index (χ3n) is 8.25. The maximum Gasteiger partial charge on any atom is 0.245 e. The number of nitrogens with two attached hydrogens (primary N) is 1. The fraction of sp³-hybridized carbons (Fsp3) is 0.414. The van der Waals surface area contributed by atoms with E-state index < -0.39 is 0 Å². The number of thiophene rings is 1. The van der Waals surface area contributed by atoms with Crippen molar-refractivity contribution in [3.8, 4) is 11.1 Å². The van der Waals surface area contributed by atoms with Crippen molar-refractivity contribution in [2.24, 2.45) is 5.41 Å². The summed E-state index contributed by atoms with van der Waals surface area (Å²) in [7, 11) is 0. The molecule has 1 spiro atoms. The summed E-state index contributed by atoms with van der Waals surface area (Å²) in [6.07, 6.45) is 3.01. The van der Waals surface area contributed by atoms with Gasteiger partial charge in [-0.3, -0.25) is 4.79 Å². The van der Waals surface area contributed by atoms with Crippen molar-refractivity contribution in [1.29, 1.82) is 0 Å². The van der Waals surface area contributed by atoms with E-state index in [1.807, 2.05) is 4.90 Å². The maximum absolute atomic E-state index is 14.9. The molecule has 3 aliphatic rings. The number of halogens is 1. The molecule has 2 saturated heterocycles. The van der Waals surface area contributed by atoms with Gasteiger partial charge in [-0.25, -0.2) is 14.2 Å². The monoisotopic (exact) mass is 531 g/mol. The van der Waals surface area contributed by atoms with Crippen LogP contribution in [0.2, 0.25) is 0 Å². The number of hydrogen-bond donors (Lipinski definition) is 1. The van der Waals surface area contributed by atoms with Crippen LogP contribution in [0.4, 0.5) is 20.9 Å². The third-order valence-corrected chi connectivity index (χ3v) is 9.27. The van der Waals surface area contributed by atoms with Crippen LogP contribution in [0.5, 0.6) is 0 Å². The molecule has 196 valence electrons. The van der Waals surface area contributed by atoms with Crippen molar-refractivity contribution < 1.29 is 13.9 Å². The Morgan fingerprint density at radius 3 is 2.82 bits per heavy atom. The lowest BCUT2D eigenvalue weighted by Crippen LogP contribution is -2.59. The number of amides is 1. The predicted molar refractivity (Wildman–Crippen MR) is 149 cm³/mol. The molecule has 0 atom stereocenters. The van der Waals surface area contributed by atoms with Gasteiger partial charge in [-0.05, 0) is 56.0 Å². The number of fused-ring (bicyclic) bond motifs is 2. The second kappa shape index (κ2) is 8.52. The molecule has 7 nitrogen and oxygen atoms in total. The van der Waals surface area contributed by atoms with Gasteiger partial charge in [-0.2, -0.15) is 0 Å². The van der Waals surface area contributed by atoms with Crippen LogP contribution < -0.4 is 10.6 Å². The third kappa shape index (κ3) is 3.69. The number of nitrogens with zero attached hydrogens (tertiary/aromatic N) is 4. The van der Waals surface area contributed by atoms with Gasteiger partial charge in [0.05, 0.1) is 34.2 Å². The molecule has 2 N–H and O–H groups in total. The maximum atomic E-state index is 14.9. The van der Waals surface area contributed by atoms with Gasteiger partial charge in [0.15, 0.2) is 0 Å². The molecule has 38 heavy (non-hydrogen) atoms. The summed E-state index contributed by atoms with van der Waals surface area (Å²) in [6.45, 7) is 21.1. The van der Waals surface area contributed by atoms with Crippen LogP contribution in [0.15, 0.2) is 24.8 Å². The molecule has 2 aromatic heterocycles. The molecule has 0 aliphatic carbocycles. The van der Waals surface area contributed by atoms with Crippen molar-refractivity contribution in [2.75, 3.05) is 36.8 Å². The highest BCUT2D eigenvalue weighted by atomic mass is 32.1. The number of ether oxygens (including phenoxy) is 1. The fourth-order valence-electron chi connectivity index (χ4n) is 6.37. The normalized spacial score (nSPS) is 19.3. The fourth-order valence-corrected chi connectivity index (χ4v) is 7.31.